The van der Waals surface area contributed by atoms with Crippen molar-refractivity contribution in [2.45, 2.75) is 6.92 Å². The highest BCUT2D eigenvalue weighted by Gasteiger charge is 2.05. The van der Waals surface area contributed by atoms with Gasteiger partial charge in [0, 0.05) is 5.69 Å². The van der Waals surface area contributed by atoms with Gasteiger partial charge < -0.3 is 10.6 Å². The van der Waals surface area contributed by atoms with Crippen LogP contribution in [0.4, 0.5) is 17.1 Å². The van der Waals surface area contributed by atoms with E-state index in [1.807, 2.05) is 55.5 Å². The van der Waals surface area contributed by atoms with Gasteiger partial charge >= 0.3 is 0 Å². The maximum atomic E-state index is 11.4. The summed E-state index contributed by atoms with van der Waals surface area (Å²) in [5.74, 6) is -0.279. The molecule has 2 N–H and O–H groups in total. The molecule has 0 radical (unpaired) electrons. The second-order valence-corrected chi connectivity index (χ2v) is 4.49. The predicted molar refractivity (Wildman–Crippen MR) is 80.3 cm³/mol. The number of hydrogen-bond acceptors (Lipinski definition) is 2. The zero-order valence-electron chi connectivity index (χ0n) is 10.6. The monoisotopic (exact) mass is 274 g/mol. The summed E-state index contributed by atoms with van der Waals surface area (Å²) in [6.07, 6.45) is 0. The van der Waals surface area contributed by atoms with Crippen molar-refractivity contribution < 1.29 is 4.79 Å². The topological polar surface area (TPSA) is 41.1 Å². The summed E-state index contributed by atoms with van der Waals surface area (Å²) in [7, 11) is 0. The number of amides is 1. The van der Waals surface area contributed by atoms with Gasteiger partial charge in [-0.25, -0.2) is 0 Å². The van der Waals surface area contributed by atoms with E-state index >= 15 is 0 Å². The first-order valence-corrected chi connectivity index (χ1v) is 6.51. The maximum Gasteiger partial charge on any atom is 0.239 e. The molecule has 19 heavy (non-hydrogen) atoms. The molecule has 0 saturated heterocycles. The predicted octanol–water partition coefficient (Wildman–Crippen LogP) is 3.92. The minimum Gasteiger partial charge on any atom is -0.354 e. The second kappa shape index (κ2) is 6.25. The highest BCUT2D eigenvalue weighted by molar-refractivity contribution is 6.29. The van der Waals surface area contributed by atoms with Gasteiger partial charge in [-0.1, -0.05) is 24.3 Å². The molecule has 2 rings (SSSR count). The summed E-state index contributed by atoms with van der Waals surface area (Å²) in [4.78, 5) is 11.4. The third kappa shape index (κ3) is 3.73. The van der Waals surface area contributed by atoms with Crippen LogP contribution in [0, 0.1) is 6.92 Å². The molecule has 98 valence electrons. The lowest BCUT2D eigenvalue weighted by molar-refractivity contribution is -0.113. The Balaban J connectivity index is 2.22. The number of nitrogens with one attached hydrogen (secondary N) is 2. The van der Waals surface area contributed by atoms with Crippen LogP contribution in [0.2, 0.25) is 0 Å². The summed E-state index contributed by atoms with van der Waals surface area (Å²) < 4.78 is 0. The molecule has 0 unspecified atom stereocenters. The van der Waals surface area contributed by atoms with Gasteiger partial charge in [-0.2, -0.15) is 0 Å². The Labute approximate surface area is 117 Å². The Hall–Kier alpha value is -2.00. The average Bonchev–Trinajstić information content (AvgIpc) is 2.41. The Bertz CT molecular complexity index is 584. The van der Waals surface area contributed by atoms with E-state index in [9.17, 15) is 4.79 Å². The molecule has 0 aromatic heterocycles. The molecule has 0 aliphatic carbocycles. The largest absolute Gasteiger partial charge is 0.354 e. The van der Waals surface area contributed by atoms with Crippen LogP contribution in [0.3, 0.4) is 0 Å². The van der Waals surface area contributed by atoms with Gasteiger partial charge in [0.2, 0.25) is 5.91 Å². The fourth-order valence-electron chi connectivity index (χ4n) is 1.76. The number of para-hydroxylation sites is 2. The number of carbonyl (C=O) groups is 1. The van der Waals surface area contributed by atoms with Crippen LogP contribution in [0.25, 0.3) is 0 Å². The zero-order chi connectivity index (χ0) is 13.7. The van der Waals surface area contributed by atoms with Crippen LogP contribution in [0.15, 0.2) is 48.5 Å². The van der Waals surface area contributed by atoms with Crippen molar-refractivity contribution in [1.29, 1.82) is 0 Å². The lowest BCUT2D eigenvalue weighted by Gasteiger charge is -2.12. The molecular weight excluding hydrogens is 260 g/mol. The molecular formula is C15H15ClN2O. The highest BCUT2D eigenvalue weighted by Crippen LogP contribution is 2.25. The van der Waals surface area contributed by atoms with Gasteiger partial charge in [-0.15, -0.1) is 11.6 Å². The third-order valence-corrected chi connectivity index (χ3v) is 2.86. The van der Waals surface area contributed by atoms with Gasteiger partial charge in [0.1, 0.15) is 5.88 Å². The maximum absolute atomic E-state index is 11.4. The molecule has 4 heteroatoms. The van der Waals surface area contributed by atoms with E-state index in [-0.39, 0.29) is 11.8 Å². The van der Waals surface area contributed by atoms with Crippen LogP contribution >= 0.6 is 11.6 Å². The minimum absolute atomic E-state index is 0.0568. The zero-order valence-corrected chi connectivity index (χ0v) is 11.4. The fraction of sp³-hybridized carbons (Fsp3) is 0.133. The first kappa shape index (κ1) is 13.4. The van der Waals surface area contributed by atoms with Crippen molar-refractivity contribution in [2.24, 2.45) is 0 Å². The molecule has 0 atom stereocenters. The number of halogens is 1. The summed E-state index contributed by atoms with van der Waals surface area (Å²) >= 11 is 5.50. The number of carbonyl (C=O) groups excluding carboxylic acids is 1. The van der Waals surface area contributed by atoms with E-state index in [0.717, 1.165) is 17.1 Å². The Morgan fingerprint density at radius 3 is 2.53 bits per heavy atom. The Morgan fingerprint density at radius 1 is 1.11 bits per heavy atom. The average molecular weight is 275 g/mol. The van der Waals surface area contributed by atoms with Crippen LogP contribution in [0.1, 0.15) is 5.56 Å². The molecule has 0 saturated carbocycles. The second-order valence-electron chi connectivity index (χ2n) is 4.22. The van der Waals surface area contributed by atoms with Gasteiger partial charge in [0.05, 0.1) is 11.4 Å². The quantitative estimate of drug-likeness (QED) is 0.830. The standard InChI is InChI=1S/C15H15ClN2O/c1-11-5-4-6-12(9-11)17-13-7-2-3-8-14(13)18-15(19)10-16/h2-9,17H,10H2,1H3,(H,18,19). The van der Waals surface area contributed by atoms with Gasteiger partial charge in [0.25, 0.3) is 0 Å². The van der Waals surface area contributed by atoms with E-state index < -0.39 is 0 Å². The molecule has 2 aromatic rings. The third-order valence-electron chi connectivity index (χ3n) is 2.62. The lowest BCUT2D eigenvalue weighted by Crippen LogP contribution is -2.13. The first-order chi connectivity index (χ1) is 9.19. The molecule has 0 spiro atoms. The van der Waals surface area contributed by atoms with Crippen LogP contribution in [-0.2, 0) is 4.79 Å². The smallest absolute Gasteiger partial charge is 0.239 e. The first-order valence-electron chi connectivity index (χ1n) is 5.97. The number of anilines is 3. The van der Waals surface area contributed by atoms with Crippen molar-refractivity contribution in [3.8, 4) is 0 Å². The molecule has 2 aromatic carbocycles. The molecule has 3 nitrogen and oxygen atoms in total. The van der Waals surface area contributed by atoms with E-state index in [4.69, 9.17) is 11.6 Å². The lowest BCUT2D eigenvalue weighted by atomic mass is 10.2. The van der Waals surface area contributed by atoms with Gasteiger partial charge in [-0.05, 0) is 36.8 Å². The van der Waals surface area contributed by atoms with Crippen molar-refractivity contribution in [3.05, 3.63) is 54.1 Å². The van der Waals surface area contributed by atoms with Crippen molar-refractivity contribution in [2.75, 3.05) is 16.5 Å². The number of hydrogen-bond donors (Lipinski definition) is 2. The summed E-state index contributed by atoms with van der Waals surface area (Å²) in [6.45, 7) is 2.03. The Morgan fingerprint density at radius 2 is 1.84 bits per heavy atom. The highest BCUT2D eigenvalue weighted by atomic mass is 35.5. The van der Waals surface area contributed by atoms with E-state index in [2.05, 4.69) is 10.6 Å². The van der Waals surface area contributed by atoms with E-state index in [1.54, 1.807) is 0 Å². The van der Waals surface area contributed by atoms with Gasteiger partial charge in [-0.3, -0.25) is 4.79 Å². The number of benzene rings is 2. The van der Waals surface area contributed by atoms with Crippen LogP contribution in [0.5, 0.6) is 0 Å². The molecule has 0 aliphatic heterocycles. The fourth-order valence-corrected chi connectivity index (χ4v) is 1.83. The summed E-state index contributed by atoms with van der Waals surface area (Å²) in [5.41, 5.74) is 3.71. The van der Waals surface area contributed by atoms with E-state index in [0.29, 0.717) is 0 Å². The number of aryl methyl sites for hydroxylation is 1. The SMILES string of the molecule is Cc1cccc(Nc2ccccc2NC(=O)CCl)c1. The van der Waals surface area contributed by atoms with Gasteiger partial charge in [0.15, 0.2) is 0 Å². The molecule has 0 aliphatic rings. The van der Waals surface area contributed by atoms with Crippen molar-refractivity contribution in [1.82, 2.24) is 0 Å². The normalized spacial score (nSPS) is 10.0. The van der Waals surface area contributed by atoms with Crippen LogP contribution < -0.4 is 10.6 Å². The van der Waals surface area contributed by atoms with Crippen molar-refractivity contribution >= 4 is 34.6 Å². The minimum atomic E-state index is -0.222. The summed E-state index contributed by atoms with van der Waals surface area (Å²) in [5, 5.41) is 6.05. The number of alkyl halides is 1. The Kier molecular flexibility index (Phi) is 4.42. The molecule has 0 heterocycles. The summed E-state index contributed by atoms with van der Waals surface area (Å²) in [6, 6.07) is 15.6. The molecule has 0 fully saturated rings. The van der Waals surface area contributed by atoms with Crippen LogP contribution in [-0.4, -0.2) is 11.8 Å². The van der Waals surface area contributed by atoms with Crippen molar-refractivity contribution in [3.63, 3.8) is 0 Å². The molecule has 0 bridgehead atoms. The van der Waals surface area contributed by atoms with E-state index in [1.165, 1.54) is 5.56 Å². The number of rotatable bonds is 4. The molecule has 1 amide bonds.